The number of fused-ring (bicyclic) bond motifs is 2. The Hall–Kier alpha value is -3.54. The van der Waals surface area contributed by atoms with Gasteiger partial charge >= 0.3 is 0 Å². The van der Waals surface area contributed by atoms with Crippen LogP contribution in [-0.4, -0.2) is 27.5 Å². The van der Waals surface area contributed by atoms with E-state index in [0.29, 0.717) is 78.9 Å². The van der Waals surface area contributed by atoms with Gasteiger partial charge in [-0.3, -0.25) is 14.6 Å². The van der Waals surface area contributed by atoms with E-state index in [1.54, 1.807) is 0 Å². The van der Waals surface area contributed by atoms with E-state index < -0.39 is 0 Å². The third-order valence-corrected chi connectivity index (χ3v) is 6.66. The molecule has 6 heteroatoms. The molecule has 0 saturated carbocycles. The van der Waals surface area contributed by atoms with Crippen LogP contribution in [0.3, 0.4) is 0 Å². The van der Waals surface area contributed by atoms with Crippen LogP contribution < -0.4 is 0 Å². The molecule has 3 aromatic rings. The van der Waals surface area contributed by atoms with Gasteiger partial charge in [0.05, 0.1) is 28.2 Å². The Morgan fingerprint density at radius 3 is 2.65 bits per heavy atom. The Labute approximate surface area is 198 Å². The molecule has 1 N–H and O–H groups in total. The van der Waals surface area contributed by atoms with Crippen LogP contribution in [0.5, 0.6) is 0 Å². The first-order valence-corrected chi connectivity index (χ1v) is 11.8. The largest absolute Gasteiger partial charge is 0.511 e. The summed E-state index contributed by atoms with van der Waals surface area (Å²) in [6.07, 6.45) is 3.39. The van der Waals surface area contributed by atoms with Crippen molar-refractivity contribution >= 4 is 33.7 Å². The van der Waals surface area contributed by atoms with Crippen molar-refractivity contribution < 1.29 is 19.2 Å². The molecule has 0 radical (unpaired) electrons. The van der Waals surface area contributed by atoms with Crippen molar-refractivity contribution in [3.63, 3.8) is 0 Å². The quantitative estimate of drug-likeness (QED) is 0.458. The lowest BCUT2D eigenvalue weighted by Crippen LogP contribution is -2.26. The lowest BCUT2D eigenvalue weighted by molar-refractivity contribution is -0.115. The number of aliphatic hydroxyl groups excluding tert-OH is 1. The van der Waals surface area contributed by atoms with E-state index in [1.807, 2.05) is 56.3 Å². The van der Waals surface area contributed by atoms with E-state index in [1.165, 1.54) is 0 Å². The summed E-state index contributed by atoms with van der Waals surface area (Å²) in [5.41, 5.74) is 2.59. The van der Waals surface area contributed by atoms with Crippen molar-refractivity contribution in [1.82, 2.24) is 5.16 Å². The van der Waals surface area contributed by atoms with E-state index in [-0.39, 0.29) is 22.7 Å². The van der Waals surface area contributed by atoms with E-state index in [9.17, 15) is 14.7 Å². The molecule has 2 aliphatic carbocycles. The van der Waals surface area contributed by atoms with Gasteiger partial charge in [-0.25, -0.2) is 0 Å². The van der Waals surface area contributed by atoms with Gasteiger partial charge in [-0.15, -0.1) is 0 Å². The van der Waals surface area contributed by atoms with Crippen LogP contribution in [-0.2, 0) is 17.6 Å². The number of ketones is 2. The van der Waals surface area contributed by atoms with Gasteiger partial charge < -0.3 is 9.63 Å². The number of nitrogens with zero attached hydrogens (tertiary/aromatic N) is 2. The van der Waals surface area contributed by atoms with Crippen LogP contribution in [0.2, 0.25) is 0 Å². The highest BCUT2D eigenvalue weighted by atomic mass is 16.5. The number of allylic oxidation sites excluding steroid dienone is 2. The highest BCUT2D eigenvalue weighted by molar-refractivity contribution is 6.23. The molecule has 0 bridgehead atoms. The van der Waals surface area contributed by atoms with Crippen LogP contribution in [0.25, 0.3) is 10.8 Å². The number of hydrogen-bond acceptors (Lipinski definition) is 6. The van der Waals surface area contributed by atoms with Crippen LogP contribution in [0.15, 0.2) is 63.3 Å². The average molecular weight is 457 g/mol. The highest BCUT2D eigenvalue weighted by Crippen LogP contribution is 2.36. The second-order valence-electron chi connectivity index (χ2n) is 10.1. The second-order valence-corrected chi connectivity index (χ2v) is 10.1. The van der Waals surface area contributed by atoms with Crippen LogP contribution in [0.1, 0.15) is 67.8 Å². The molecule has 34 heavy (non-hydrogen) atoms. The van der Waals surface area contributed by atoms with E-state index >= 15 is 0 Å². The van der Waals surface area contributed by atoms with Gasteiger partial charge in [0.2, 0.25) is 0 Å². The van der Waals surface area contributed by atoms with Gasteiger partial charge in [0.1, 0.15) is 11.5 Å². The summed E-state index contributed by atoms with van der Waals surface area (Å²) in [5.74, 6) is 0.686. The molecular formula is C28H28N2O4. The third kappa shape index (κ3) is 4.32. The number of aryl methyl sites for hydroxylation is 1. The minimum Gasteiger partial charge on any atom is -0.511 e. The lowest BCUT2D eigenvalue weighted by Gasteiger charge is -2.26. The first-order valence-electron chi connectivity index (χ1n) is 11.8. The number of aliphatic hydroxyl groups is 1. The first-order chi connectivity index (χ1) is 16.3. The van der Waals surface area contributed by atoms with Crippen molar-refractivity contribution in [2.75, 3.05) is 0 Å². The zero-order chi connectivity index (χ0) is 23.9. The maximum Gasteiger partial charge on any atom is 0.168 e. The number of aliphatic imine (C=N–C) groups is 1. The highest BCUT2D eigenvalue weighted by Gasteiger charge is 2.36. The fourth-order valence-electron chi connectivity index (χ4n) is 5.02. The van der Waals surface area contributed by atoms with Crippen molar-refractivity contribution in [3.05, 3.63) is 70.8 Å². The maximum atomic E-state index is 12.8. The van der Waals surface area contributed by atoms with Gasteiger partial charge in [0, 0.05) is 25.7 Å². The average Bonchev–Trinajstić information content (AvgIpc) is 3.19. The molecular weight excluding hydrogens is 428 g/mol. The number of rotatable bonds is 5. The monoisotopic (exact) mass is 456 g/mol. The summed E-state index contributed by atoms with van der Waals surface area (Å²) >= 11 is 0. The van der Waals surface area contributed by atoms with Crippen molar-refractivity contribution in [1.29, 1.82) is 0 Å². The number of carbonyl (C=O) groups excluding carboxylic acids is 2. The first kappa shape index (κ1) is 22.3. The lowest BCUT2D eigenvalue weighted by atomic mass is 9.76. The van der Waals surface area contributed by atoms with Crippen LogP contribution in [0.4, 0.5) is 5.69 Å². The van der Waals surface area contributed by atoms with Gasteiger partial charge in [-0.1, -0.05) is 49.3 Å². The molecule has 6 nitrogen and oxygen atoms in total. The summed E-state index contributed by atoms with van der Waals surface area (Å²) in [7, 11) is 0. The number of carbonyl (C=O) groups is 2. The molecule has 174 valence electrons. The SMILES string of the molecule is CC1(C)CC(=O)c2c(CCC(=Nc3ccc4ccccc4c3)C3=C(O)CCCC3=O)noc2C1. The normalized spacial score (nSPS) is 18.5. The molecule has 1 heterocycles. The second kappa shape index (κ2) is 8.67. The smallest absolute Gasteiger partial charge is 0.168 e. The summed E-state index contributed by atoms with van der Waals surface area (Å²) in [5, 5.41) is 17.0. The van der Waals surface area contributed by atoms with Crippen molar-refractivity contribution in [2.45, 2.75) is 58.8 Å². The number of hydrogen-bond donors (Lipinski definition) is 1. The van der Waals surface area contributed by atoms with Crippen LogP contribution in [0, 0.1) is 5.41 Å². The number of aromatic nitrogens is 1. The van der Waals surface area contributed by atoms with Gasteiger partial charge in [-0.05, 0) is 47.6 Å². The summed E-state index contributed by atoms with van der Waals surface area (Å²) in [6.45, 7) is 4.10. The van der Waals surface area contributed by atoms with Crippen LogP contribution >= 0.6 is 0 Å². The molecule has 0 amide bonds. The molecule has 2 aromatic carbocycles. The minimum absolute atomic E-state index is 0.0475. The summed E-state index contributed by atoms with van der Waals surface area (Å²) in [6, 6.07) is 13.9. The van der Waals surface area contributed by atoms with Gasteiger partial charge in [0.25, 0.3) is 0 Å². The Balaban J connectivity index is 1.50. The fourth-order valence-corrected chi connectivity index (χ4v) is 5.02. The topological polar surface area (TPSA) is 92.8 Å². The van der Waals surface area contributed by atoms with Crippen molar-refractivity contribution in [3.8, 4) is 0 Å². The summed E-state index contributed by atoms with van der Waals surface area (Å²) < 4.78 is 5.54. The molecule has 0 saturated heterocycles. The zero-order valence-corrected chi connectivity index (χ0v) is 19.6. The number of Topliss-reactive ketones (excluding diaryl/α,β-unsaturated/α-hetero) is 2. The third-order valence-electron chi connectivity index (χ3n) is 6.66. The van der Waals surface area contributed by atoms with Gasteiger partial charge in [0.15, 0.2) is 11.6 Å². The minimum atomic E-state index is -0.144. The maximum absolute atomic E-state index is 12.8. The molecule has 1 aromatic heterocycles. The van der Waals surface area contributed by atoms with Gasteiger partial charge in [-0.2, -0.15) is 0 Å². The van der Waals surface area contributed by atoms with E-state index in [0.717, 1.165) is 10.8 Å². The molecule has 0 fully saturated rings. The predicted molar refractivity (Wildman–Crippen MR) is 131 cm³/mol. The molecule has 0 aliphatic heterocycles. The Kier molecular flexibility index (Phi) is 5.68. The van der Waals surface area contributed by atoms with Crippen molar-refractivity contribution in [2.24, 2.45) is 10.4 Å². The Morgan fingerprint density at radius 1 is 1.06 bits per heavy atom. The molecule has 5 rings (SSSR count). The molecule has 2 aliphatic rings. The standard InChI is InChI=1S/C28H28N2O4/c1-28(2)15-24(33)27-21(30-34-25(27)16-28)13-12-20(26-22(31)8-5-9-23(26)32)29-19-11-10-17-6-3-4-7-18(17)14-19/h3-4,6-7,10-11,14,31H,5,8-9,12-13,15-16H2,1-2H3. The Bertz CT molecular complexity index is 1360. The van der Waals surface area contributed by atoms with E-state index in [2.05, 4.69) is 5.16 Å². The molecule has 0 unspecified atom stereocenters. The summed E-state index contributed by atoms with van der Waals surface area (Å²) in [4.78, 5) is 30.4. The number of benzene rings is 2. The predicted octanol–water partition coefficient (Wildman–Crippen LogP) is 6.25. The fraction of sp³-hybridized carbons (Fsp3) is 0.357. The molecule has 0 atom stereocenters. The van der Waals surface area contributed by atoms with E-state index in [4.69, 9.17) is 9.52 Å². The molecule has 0 spiro atoms. The zero-order valence-electron chi connectivity index (χ0n) is 19.6. The Morgan fingerprint density at radius 2 is 1.85 bits per heavy atom.